The summed E-state index contributed by atoms with van der Waals surface area (Å²) in [7, 11) is -8.24. The van der Waals surface area contributed by atoms with E-state index in [1.807, 2.05) is 0 Å². The van der Waals surface area contributed by atoms with Gasteiger partial charge in [-0.15, -0.1) is 0 Å². The van der Waals surface area contributed by atoms with Gasteiger partial charge < -0.3 is 0 Å². The molecule has 0 aliphatic heterocycles. The molecule has 0 bridgehead atoms. The van der Waals surface area contributed by atoms with E-state index in [1.165, 1.54) is 28.2 Å². The molecule has 0 spiro atoms. The quantitative estimate of drug-likeness (QED) is 0.237. The molecule has 1 aliphatic rings. The molecule has 0 aromatic heterocycles. The van der Waals surface area contributed by atoms with E-state index in [1.54, 1.807) is 0 Å². The van der Waals surface area contributed by atoms with Crippen LogP contribution in [0.5, 0.6) is 0 Å². The summed E-state index contributed by atoms with van der Waals surface area (Å²) < 4.78 is 58.4. The van der Waals surface area contributed by atoms with Gasteiger partial charge in [0.2, 0.25) is 0 Å². The Morgan fingerprint density at radius 1 is 0.526 bits per heavy atom. The minimum absolute atomic E-state index is 0. The maximum atomic E-state index is 9.73. The second-order valence-electron chi connectivity index (χ2n) is 3.51. The van der Waals surface area contributed by atoms with E-state index in [9.17, 15) is 25.2 Å². The average Bonchev–Trinajstić information content (AvgIpc) is 2.35. The van der Waals surface area contributed by atoms with Crippen molar-refractivity contribution in [2.75, 3.05) is 0 Å². The van der Waals surface area contributed by atoms with Crippen molar-refractivity contribution in [1.82, 2.24) is 0 Å². The number of hydrogen-bond acceptors (Lipinski definition) is 0. The van der Waals surface area contributed by atoms with Gasteiger partial charge in [-0.3, -0.25) is 0 Å². The van der Waals surface area contributed by atoms with Gasteiger partial charge in [0.1, 0.15) is 0 Å². The van der Waals surface area contributed by atoms with Crippen molar-refractivity contribution in [3.05, 3.63) is 28.2 Å². The molecule has 0 unspecified atom stereocenters. The molecule has 0 amide bonds. The summed E-state index contributed by atoms with van der Waals surface area (Å²) in [5, 5.41) is 0. The minimum Gasteiger partial charge on any atom is -0.152 e. The maximum absolute atomic E-state index is 9.73. The Labute approximate surface area is 126 Å². The zero-order chi connectivity index (χ0) is 15.0. The predicted molar refractivity (Wildman–Crippen MR) is 66.2 cm³/mol. The third kappa shape index (κ3) is 12.0. The van der Waals surface area contributed by atoms with E-state index in [4.69, 9.17) is 0 Å². The monoisotopic (exact) mass is 504 g/mol. The van der Waals surface area contributed by atoms with E-state index in [0.29, 0.717) is 0 Å². The first kappa shape index (κ1) is 24.6. The summed E-state index contributed by atoms with van der Waals surface area (Å²) >= 11 is 0. The van der Waals surface area contributed by atoms with Crippen LogP contribution < -0.4 is 0 Å². The number of hydrogen-bond donors (Lipinski definition) is 0. The van der Waals surface area contributed by atoms with Crippen molar-refractivity contribution >= 4 is 17.7 Å². The van der Waals surface area contributed by atoms with Crippen LogP contribution in [-0.2, 0) is 20.1 Å². The van der Waals surface area contributed by atoms with Gasteiger partial charge in [0.25, 0.3) is 0 Å². The second kappa shape index (κ2) is 12.3. The standard InChI is InChI=1S/C10H15.2F3P.Ir/c1-6-7(2)9(4)10(5)8(6)3;2*1-4(2)3;/h1-5H3;;;. The molecule has 116 valence electrons. The van der Waals surface area contributed by atoms with Crippen LogP contribution in [0.25, 0.3) is 0 Å². The molecule has 0 fully saturated rings. The fourth-order valence-electron chi connectivity index (χ4n) is 1.41. The largest absolute Gasteiger partial charge is 0.456 e. The first-order valence-electron chi connectivity index (χ1n) is 4.76. The van der Waals surface area contributed by atoms with E-state index in [2.05, 4.69) is 34.6 Å². The van der Waals surface area contributed by atoms with Crippen LogP contribution in [0.3, 0.4) is 0 Å². The average molecular weight is 503 g/mol. The van der Waals surface area contributed by atoms with E-state index >= 15 is 0 Å². The summed E-state index contributed by atoms with van der Waals surface area (Å²) in [4.78, 5) is 0. The van der Waals surface area contributed by atoms with Crippen LogP contribution >= 0.6 is 17.7 Å². The summed E-state index contributed by atoms with van der Waals surface area (Å²) in [6.45, 7) is 11.0. The Bertz CT molecular complexity index is 282. The smallest absolute Gasteiger partial charge is 0.152 e. The Hall–Kier alpha value is 0.569. The Balaban J connectivity index is -0.000000242. The van der Waals surface area contributed by atoms with E-state index in [0.717, 1.165) is 0 Å². The van der Waals surface area contributed by atoms with Gasteiger partial charge >= 0.3 is 17.7 Å². The molecule has 0 nitrogen and oxygen atoms in total. The third-order valence-electron chi connectivity index (χ3n) is 2.81. The molecule has 19 heavy (non-hydrogen) atoms. The summed E-state index contributed by atoms with van der Waals surface area (Å²) in [6, 6.07) is 0. The van der Waals surface area contributed by atoms with Crippen LogP contribution in [0.1, 0.15) is 34.6 Å². The van der Waals surface area contributed by atoms with Crippen LogP contribution in [0.4, 0.5) is 25.2 Å². The SMILES string of the molecule is C[C]1C(C)=C(C)C(C)=C1C.FP(F)F.FP(F)F.[Ir]. The molecular formula is C10H15F6IrP2. The fourth-order valence-corrected chi connectivity index (χ4v) is 1.41. The molecule has 1 rings (SSSR count). The minimum atomic E-state index is -4.12. The van der Waals surface area contributed by atoms with Crippen molar-refractivity contribution in [2.24, 2.45) is 0 Å². The zero-order valence-electron chi connectivity index (χ0n) is 11.0. The summed E-state index contributed by atoms with van der Waals surface area (Å²) in [5.74, 6) is 1.47. The molecule has 2 radical (unpaired) electrons. The predicted octanol–water partition coefficient (Wildman–Crippen LogP) is 7.51. The molecule has 0 atom stereocenters. The van der Waals surface area contributed by atoms with Crippen molar-refractivity contribution in [2.45, 2.75) is 34.6 Å². The van der Waals surface area contributed by atoms with Gasteiger partial charge in [0.15, 0.2) is 0 Å². The number of halogens is 6. The molecule has 0 saturated heterocycles. The normalized spacial score (nSPS) is 15.0. The molecule has 0 aromatic rings. The van der Waals surface area contributed by atoms with Crippen LogP contribution in [0.15, 0.2) is 22.3 Å². The van der Waals surface area contributed by atoms with Gasteiger partial charge in [-0.2, -0.15) is 25.2 Å². The van der Waals surface area contributed by atoms with Gasteiger partial charge in [0.05, 0.1) is 0 Å². The summed E-state index contributed by atoms with van der Waals surface area (Å²) in [6.07, 6.45) is 0. The molecule has 0 saturated carbocycles. The van der Waals surface area contributed by atoms with E-state index < -0.39 is 17.7 Å². The molecule has 0 heterocycles. The van der Waals surface area contributed by atoms with Crippen molar-refractivity contribution in [3.8, 4) is 0 Å². The third-order valence-corrected chi connectivity index (χ3v) is 2.81. The zero-order valence-corrected chi connectivity index (χ0v) is 15.2. The van der Waals surface area contributed by atoms with E-state index in [-0.39, 0.29) is 20.1 Å². The molecular weight excluding hydrogens is 488 g/mol. The molecule has 1 aliphatic carbocycles. The van der Waals surface area contributed by atoms with Gasteiger partial charge in [-0.1, -0.05) is 18.1 Å². The van der Waals surface area contributed by atoms with Gasteiger partial charge in [-0.05, 0) is 38.8 Å². The number of allylic oxidation sites excluding steroid dienone is 4. The van der Waals surface area contributed by atoms with Crippen molar-refractivity contribution in [3.63, 3.8) is 0 Å². The van der Waals surface area contributed by atoms with Gasteiger partial charge in [-0.25, -0.2) is 0 Å². The Morgan fingerprint density at radius 3 is 0.737 bits per heavy atom. The van der Waals surface area contributed by atoms with Crippen molar-refractivity contribution in [1.29, 1.82) is 0 Å². The fraction of sp³-hybridized carbons (Fsp3) is 0.500. The molecule has 0 N–H and O–H groups in total. The van der Waals surface area contributed by atoms with Gasteiger partial charge in [0, 0.05) is 26.0 Å². The first-order valence-corrected chi connectivity index (χ1v) is 6.79. The molecule has 0 aromatic carbocycles. The van der Waals surface area contributed by atoms with Crippen LogP contribution in [-0.4, -0.2) is 0 Å². The first-order chi connectivity index (χ1) is 8.02. The van der Waals surface area contributed by atoms with Crippen LogP contribution in [0, 0.1) is 5.92 Å². The second-order valence-corrected chi connectivity index (χ2v) is 4.27. The topological polar surface area (TPSA) is 0 Å². The van der Waals surface area contributed by atoms with Crippen molar-refractivity contribution < 1.29 is 45.3 Å². The summed E-state index contributed by atoms with van der Waals surface area (Å²) in [5.41, 5.74) is 5.87. The Kier molecular flexibility index (Phi) is 15.9. The number of rotatable bonds is 0. The maximum Gasteiger partial charge on any atom is 0.456 e. The molecule has 9 heteroatoms. The Morgan fingerprint density at radius 2 is 0.684 bits per heavy atom. The van der Waals surface area contributed by atoms with Crippen LogP contribution in [0.2, 0.25) is 0 Å².